The molecule has 0 spiro atoms. The molecule has 1 aliphatic rings. The molecule has 0 amide bonds. The molecule has 1 aromatic rings. The first-order valence-electron chi connectivity index (χ1n) is 9.32. The first-order chi connectivity index (χ1) is 12.6. The number of aliphatic imine (C=N–C) groups is 1. The summed E-state index contributed by atoms with van der Waals surface area (Å²) < 4.78 is 5.14. The van der Waals surface area contributed by atoms with Gasteiger partial charge >= 0.3 is 0 Å². The van der Waals surface area contributed by atoms with Crippen molar-refractivity contribution < 1.29 is 4.74 Å². The molecule has 1 fully saturated rings. The monoisotopic (exact) mass is 509 g/mol. The summed E-state index contributed by atoms with van der Waals surface area (Å²) in [7, 11) is 3.50. The third-order valence-corrected chi connectivity index (χ3v) is 4.85. The second-order valence-electron chi connectivity index (χ2n) is 6.63. The van der Waals surface area contributed by atoms with Gasteiger partial charge in [-0.3, -0.25) is 9.89 Å². The quantitative estimate of drug-likeness (QED) is 0.244. The second kappa shape index (κ2) is 13.4. The lowest BCUT2D eigenvalue weighted by molar-refractivity contribution is 0.179. The topological polar surface area (TPSA) is 52.1 Å². The predicted molar refractivity (Wildman–Crippen MR) is 126 cm³/mol. The summed E-state index contributed by atoms with van der Waals surface area (Å²) in [6, 6.07) is 8.33. The lowest BCUT2D eigenvalue weighted by Crippen LogP contribution is -2.47. The standard InChI is InChI=1S/C19H32ClN5O.HI/c1-16(15-26-3)23-19(21-2)22-9-6-10-24-11-13-25(14-12-24)18-8-5-4-7-17(18)20;/h4-5,7-8,16H,6,9-15H2,1-3H3,(H2,21,22,23);1H. The van der Waals surface area contributed by atoms with Crippen molar-refractivity contribution in [1.29, 1.82) is 0 Å². The Balaban J connectivity index is 0.00000364. The molecule has 1 atom stereocenters. The van der Waals surface area contributed by atoms with Crippen LogP contribution in [0.25, 0.3) is 0 Å². The summed E-state index contributed by atoms with van der Waals surface area (Å²) in [6.45, 7) is 8.93. The number of halogens is 2. The fourth-order valence-corrected chi connectivity index (χ4v) is 3.40. The zero-order valence-corrected chi connectivity index (χ0v) is 19.7. The minimum atomic E-state index is 0. The number of methoxy groups -OCH3 is 1. The largest absolute Gasteiger partial charge is 0.383 e. The highest BCUT2D eigenvalue weighted by atomic mass is 127. The van der Waals surface area contributed by atoms with Crippen LogP contribution in [0.3, 0.4) is 0 Å². The zero-order valence-electron chi connectivity index (χ0n) is 16.6. The van der Waals surface area contributed by atoms with Crippen LogP contribution >= 0.6 is 35.6 Å². The Labute approximate surface area is 185 Å². The lowest BCUT2D eigenvalue weighted by Gasteiger charge is -2.36. The van der Waals surface area contributed by atoms with Gasteiger partial charge in [-0.05, 0) is 32.0 Å². The first kappa shape index (κ1) is 24.3. The van der Waals surface area contributed by atoms with Crippen molar-refractivity contribution in [2.75, 3.05) is 64.9 Å². The molecule has 2 rings (SSSR count). The number of piperazine rings is 1. The van der Waals surface area contributed by atoms with E-state index in [9.17, 15) is 0 Å². The van der Waals surface area contributed by atoms with E-state index in [1.54, 1.807) is 14.2 Å². The molecule has 0 bridgehead atoms. The number of hydrogen-bond donors (Lipinski definition) is 2. The van der Waals surface area contributed by atoms with Crippen LogP contribution in [-0.2, 0) is 4.74 Å². The maximum Gasteiger partial charge on any atom is 0.191 e. The third-order valence-electron chi connectivity index (χ3n) is 4.53. The number of hydrogen-bond acceptors (Lipinski definition) is 4. The lowest BCUT2D eigenvalue weighted by atomic mass is 10.2. The van der Waals surface area contributed by atoms with E-state index in [0.29, 0.717) is 6.61 Å². The van der Waals surface area contributed by atoms with Gasteiger partial charge in [-0.2, -0.15) is 0 Å². The molecule has 2 N–H and O–H groups in total. The fourth-order valence-electron chi connectivity index (χ4n) is 3.15. The number of guanidine groups is 1. The Hall–Kier alpha value is -0.770. The highest BCUT2D eigenvalue weighted by Crippen LogP contribution is 2.25. The van der Waals surface area contributed by atoms with Gasteiger partial charge in [0.25, 0.3) is 0 Å². The molecule has 0 aromatic heterocycles. The summed E-state index contributed by atoms with van der Waals surface area (Å²) in [5.41, 5.74) is 1.15. The Morgan fingerprint density at radius 2 is 1.96 bits per heavy atom. The van der Waals surface area contributed by atoms with Crippen LogP contribution in [0.2, 0.25) is 5.02 Å². The predicted octanol–water partition coefficient (Wildman–Crippen LogP) is 2.67. The number of benzene rings is 1. The van der Waals surface area contributed by atoms with Gasteiger partial charge in [-0.15, -0.1) is 24.0 Å². The summed E-state index contributed by atoms with van der Waals surface area (Å²) >= 11 is 6.31. The Morgan fingerprint density at radius 1 is 1.26 bits per heavy atom. The maximum absolute atomic E-state index is 6.31. The van der Waals surface area contributed by atoms with Gasteiger partial charge in [0.05, 0.1) is 17.3 Å². The molecule has 0 saturated carbocycles. The molecule has 27 heavy (non-hydrogen) atoms. The molecule has 0 radical (unpaired) electrons. The molecular formula is C19H33ClIN5O. The molecule has 154 valence electrons. The molecule has 6 nitrogen and oxygen atoms in total. The van der Waals surface area contributed by atoms with Crippen LogP contribution < -0.4 is 15.5 Å². The minimum Gasteiger partial charge on any atom is -0.383 e. The summed E-state index contributed by atoms with van der Waals surface area (Å²) in [4.78, 5) is 9.14. The summed E-state index contributed by atoms with van der Waals surface area (Å²) in [5, 5.41) is 7.53. The molecule has 1 aliphatic heterocycles. The van der Waals surface area contributed by atoms with Crippen molar-refractivity contribution in [2.45, 2.75) is 19.4 Å². The van der Waals surface area contributed by atoms with Gasteiger partial charge in [-0.1, -0.05) is 23.7 Å². The fraction of sp³-hybridized carbons (Fsp3) is 0.632. The van der Waals surface area contributed by atoms with Crippen LogP contribution in [-0.4, -0.2) is 76.9 Å². The van der Waals surface area contributed by atoms with E-state index in [0.717, 1.165) is 62.4 Å². The highest BCUT2D eigenvalue weighted by molar-refractivity contribution is 14.0. The number of anilines is 1. The smallest absolute Gasteiger partial charge is 0.191 e. The van der Waals surface area contributed by atoms with E-state index in [2.05, 4.69) is 38.4 Å². The molecule has 1 unspecified atom stereocenters. The van der Waals surface area contributed by atoms with E-state index >= 15 is 0 Å². The zero-order chi connectivity index (χ0) is 18.8. The van der Waals surface area contributed by atoms with Crippen LogP contribution in [0.4, 0.5) is 5.69 Å². The highest BCUT2D eigenvalue weighted by Gasteiger charge is 2.18. The van der Waals surface area contributed by atoms with Gasteiger partial charge in [0, 0.05) is 52.9 Å². The number of nitrogens with one attached hydrogen (secondary N) is 2. The van der Waals surface area contributed by atoms with Crippen LogP contribution in [0.5, 0.6) is 0 Å². The Kier molecular flexibility index (Phi) is 12.1. The van der Waals surface area contributed by atoms with Crippen LogP contribution in [0.15, 0.2) is 29.3 Å². The average molecular weight is 510 g/mol. The van der Waals surface area contributed by atoms with E-state index in [1.807, 2.05) is 18.2 Å². The number of para-hydroxylation sites is 1. The Bertz CT molecular complexity index is 567. The van der Waals surface area contributed by atoms with E-state index in [4.69, 9.17) is 16.3 Å². The number of ether oxygens (including phenoxy) is 1. The third kappa shape index (κ3) is 8.41. The molecule has 1 saturated heterocycles. The van der Waals surface area contributed by atoms with Crippen LogP contribution in [0.1, 0.15) is 13.3 Å². The van der Waals surface area contributed by atoms with Gasteiger partial charge in [-0.25, -0.2) is 0 Å². The number of nitrogens with zero attached hydrogens (tertiary/aromatic N) is 3. The number of rotatable bonds is 8. The summed E-state index contributed by atoms with van der Waals surface area (Å²) in [5.74, 6) is 0.832. The van der Waals surface area contributed by atoms with Crippen molar-refractivity contribution in [1.82, 2.24) is 15.5 Å². The molecule has 0 aliphatic carbocycles. The van der Waals surface area contributed by atoms with Crippen molar-refractivity contribution in [3.8, 4) is 0 Å². The molecule has 1 aromatic carbocycles. The van der Waals surface area contributed by atoms with Crippen molar-refractivity contribution in [2.24, 2.45) is 4.99 Å². The molecule has 8 heteroatoms. The average Bonchev–Trinajstić information content (AvgIpc) is 2.65. The van der Waals surface area contributed by atoms with Crippen LogP contribution in [0, 0.1) is 0 Å². The van der Waals surface area contributed by atoms with E-state index < -0.39 is 0 Å². The SMILES string of the molecule is CN=C(NCCCN1CCN(c2ccccc2Cl)CC1)NC(C)COC.I. The van der Waals surface area contributed by atoms with Crippen molar-refractivity contribution >= 4 is 47.2 Å². The van der Waals surface area contributed by atoms with Crippen molar-refractivity contribution in [3.63, 3.8) is 0 Å². The van der Waals surface area contributed by atoms with Gasteiger partial charge in [0.15, 0.2) is 5.96 Å². The minimum absolute atomic E-state index is 0. The Morgan fingerprint density at radius 3 is 2.59 bits per heavy atom. The van der Waals surface area contributed by atoms with E-state index in [-0.39, 0.29) is 30.0 Å². The second-order valence-corrected chi connectivity index (χ2v) is 7.04. The maximum atomic E-state index is 6.31. The van der Waals surface area contributed by atoms with Gasteiger partial charge in [0.2, 0.25) is 0 Å². The van der Waals surface area contributed by atoms with E-state index in [1.165, 1.54) is 0 Å². The summed E-state index contributed by atoms with van der Waals surface area (Å²) in [6.07, 6.45) is 1.09. The van der Waals surface area contributed by atoms with Gasteiger partial charge < -0.3 is 20.3 Å². The van der Waals surface area contributed by atoms with Crippen molar-refractivity contribution in [3.05, 3.63) is 29.3 Å². The molecule has 1 heterocycles. The normalized spacial score (nSPS) is 16.6. The molecular weight excluding hydrogens is 477 g/mol. The van der Waals surface area contributed by atoms with Gasteiger partial charge in [0.1, 0.15) is 0 Å². The first-order valence-corrected chi connectivity index (χ1v) is 9.69.